The molecule has 0 aromatic carbocycles. The van der Waals surface area contributed by atoms with Crippen molar-refractivity contribution in [1.29, 1.82) is 0 Å². The molecule has 0 fully saturated rings. The number of unbranched alkanes of at least 4 members (excludes halogenated alkanes) is 30. The molecule has 5 nitrogen and oxygen atoms in total. The van der Waals surface area contributed by atoms with E-state index in [1.165, 1.54) is 205 Å². The molecule has 0 spiro atoms. The Bertz CT molecular complexity index is 476. The molecule has 0 saturated heterocycles. The summed E-state index contributed by atoms with van der Waals surface area (Å²) in [7, 11) is -4.64. The van der Waals surface area contributed by atoms with E-state index >= 15 is 0 Å². The molecule has 0 aromatic rings. The minimum absolute atomic E-state index is 0. The van der Waals surface area contributed by atoms with E-state index in [-0.39, 0.29) is 29.6 Å². The van der Waals surface area contributed by atoms with Gasteiger partial charge in [-0.15, -0.1) is 0 Å². The minimum atomic E-state index is -4.64. The van der Waals surface area contributed by atoms with Crippen molar-refractivity contribution in [3.63, 3.8) is 0 Å². The van der Waals surface area contributed by atoms with Crippen molar-refractivity contribution >= 4 is 37.4 Å². The van der Waals surface area contributed by atoms with Crippen LogP contribution in [0.25, 0.3) is 0 Å². The van der Waals surface area contributed by atoms with Crippen LogP contribution >= 0.6 is 7.82 Å². The molecular formula is C36H78NaO5P. The molecule has 0 rings (SSSR count). The molecule has 43 heavy (non-hydrogen) atoms. The van der Waals surface area contributed by atoms with Crippen LogP contribution < -0.4 is 0 Å². The normalized spacial score (nSPS) is 11.3. The predicted molar refractivity (Wildman–Crippen MR) is 191 cm³/mol. The maximum atomic E-state index is 8.88. The first-order chi connectivity index (χ1) is 20.4. The van der Waals surface area contributed by atoms with Crippen LogP contribution in [0.15, 0.2) is 0 Å². The summed E-state index contributed by atoms with van der Waals surface area (Å²) in [4.78, 5) is 21.6. The summed E-state index contributed by atoms with van der Waals surface area (Å²) < 4.78 is 14.8. The SMILES string of the molecule is CCCCCCCCCCCCCCCCCCOCCCCCCCCCCCCCCCCCC.O=P(O)(O)O.[NaH]. The van der Waals surface area contributed by atoms with Gasteiger partial charge in [0.15, 0.2) is 0 Å². The molecule has 0 amide bonds. The van der Waals surface area contributed by atoms with Crippen LogP contribution in [0.2, 0.25) is 0 Å². The molecular weight excluding hydrogens is 566 g/mol. The molecule has 0 radical (unpaired) electrons. The first-order valence-corrected chi connectivity index (χ1v) is 20.3. The van der Waals surface area contributed by atoms with E-state index in [1.54, 1.807) is 0 Å². The molecule has 7 heteroatoms. The van der Waals surface area contributed by atoms with Crippen molar-refractivity contribution in [3.8, 4) is 0 Å². The zero-order valence-corrected chi connectivity index (χ0v) is 29.5. The van der Waals surface area contributed by atoms with E-state index < -0.39 is 7.82 Å². The van der Waals surface area contributed by atoms with Crippen molar-refractivity contribution in [1.82, 2.24) is 0 Å². The van der Waals surface area contributed by atoms with Gasteiger partial charge < -0.3 is 19.4 Å². The van der Waals surface area contributed by atoms with Gasteiger partial charge in [0.1, 0.15) is 0 Å². The fourth-order valence-electron chi connectivity index (χ4n) is 5.61. The van der Waals surface area contributed by atoms with Gasteiger partial charge in [0.25, 0.3) is 0 Å². The molecule has 258 valence electrons. The number of hydrogen-bond donors (Lipinski definition) is 3. The van der Waals surface area contributed by atoms with Crippen LogP contribution in [-0.4, -0.2) is 57.5 Å². The summed E-state index contributed by atoms with van der Waals surface area (Å²) in [6.07, 6.45) is 46.0. The summed E-state index contributed by atoms with van der Waals surface area (Å²) in [6, 6.07) is 0. The quantitative estimate of drug-likeness (QED) is 0.0368. The van der Waals surface area contributed by atoms with Gasteiger partial charge in [0, 0.05) is 13.2 Å². The molecule has 0 atom stereocenters. The Balaban J connectivity index is -0.00000244. The van der Waals surface area contributed by atoms with E-state index in [9.17, 15) is 0 Å². The van der Waals surface area contributed by atoms with E-state index in [0.717, 1.165) is 13.2 Å². The summed E-state index contributed by atoms with van der Waals surface area (Å²) >= 11 is 0. The molecule has 0 bridgehead atoms. The summed E-state index contributed by atoms with van der Waals surface area (Å²) in [5.74, 6) is 0. The predicted octanol–water partition coefficient (Wildman–Crippen LogP) is 11.9. The van der Waals surface area contributed by atoms with Crippen molar-refractivity contribution in [3.05, 3.63) is 0 Å². The fourth-order valence-corrected chi connectivity index (χ4v) is 5.61. The van der Waals surface area contributed by atoms with Gasteiger partial charge in [0.05, 0.1) is 0 Å². The molecule has 0 unspecified atom stereocenters. The number of rotatable bonds is 34. The second-order valence-corrected chi connectivity index (χ2v) is 13.8. The molecule has 0 saturated carbocycles. The van der Waals surface area contributed by atoms with Gasteiger partial charge >= 0.3 is 37.4 Å². The summed E-state index contributed by atoms with van der Waals surface area (Å²) in [6.45, 7) is 6.60. The summed E-state index contributed by atoms with van der Waals surface area (Å²) in [5, 5.41) is 0. The van der Waals surface area contributed by atoms with Crippen LogP contribution in [-0.2, 0) is 9.30 Å². The van der Waals surface area contributed by atoms with Gasteiger partial charge in [-0.3, -0.25) is 0 Å². The van der Waals surface area contributed by atoms with Crippen LogP contribution in [0.4, 0.5) is 0 Å². The number of phosphoric acid groups is 1. The van der Waals surface area contributed by atoms with Crippen molar-refractivity contribution in [2.45, 2.75) is 219 Å². The number of hydrogen-bond acceptors (Lipinski definition) is 2. The Morgan fingerprint density at radius 3 is 0.651 bits per heavy atom. The van der Waals surface area contributed by atoms with Crippen LogP contribution in [0.3, 0.4) is 0 Å². The topological polar surface area (TPSA) is 87.0 Å². The Kier molecular flexibility index (Phi) is 48.5. The third-order valence-corrected chi connectivity index (χ3v) is 8.28. The molecule has 0 aliphatic rings. The van der Waals surface area contributed by atoms with Crippen molar-refractivity contribution < 1.29 is 24.0 Å². The summed E-state index contributed by atoms with van der Waals surface area (Å²) in [5.41, 5.74) is 0. The number of ether oxygens (including phenoxy) is 1. The zero-order chi connectivity index (χ0) is 31.2. The van der Waals surface area contributed by atoms with E-state index in [1.807, 2.05) is 0 Å². The van der Waals surface area contributed by atoms with Crippen molar-refractivity contribution in [2.75, 3.05) is 13.2 Å². The van der Waals surface area contributed by atoms with Crippen LogP contribution in [0.5, 0.6) is 0 Å². The Hall–Kier alpha value is 1.07. The average Bonchev–Trinajstić information content (AvgIpc) is 2.94. The van der Waals surface area contributed by atoms with Crippen LogP contribution in [0, 0.1) is 0 Å². The van der Waals surface area contributed by atoms with Gasteiger partial charge in [-0.1, -0.05) is 206 Å². The van der Waals surface area contributed by atoms with Gasteiger partial charge in [-0.25, -0.2) is 4.57 Å². The zero-order valence-electron chi connectivity index (χ0n) is 28.6. The first kappa shape index (κ1) is 48.5. The molecule has 0 aliphatic heterocycles. The van der Waals surface area contributed by atoms with E-state index in [4.69, 9.17) is 24.0 Å². The standard InChI is InChI=1S/C36H74O.Na.H3O4P.H/c1-3-5-7-9-11-13-15-17-19-21-23-25-27-29-31-33-35-37-36-34-32-30-28-26-24-22-20-18-16-14-12-10-8-6-4-2;;1-5(2,3)4;/h3-36H2,1-2H3;;(H3,1,2,3,4);. The van der Waals surface area contributed by atoms with Crippen LogP contribution in [0.1, 0.15) is 219 Å². The molecule has 0 heterocycles. The Morgan fingerprint density at radius 1 is 0.349 bits per heavy atom. The average molecular weight is 645 g/mol. The first-order valence-electron chi connectivity index (χ1n) is 18.8. The molecule has 0 aromatic heterocycles. The maximum absolute atomic E-state index is 8.88. The second kappa shape index (κ2) is 43.1. The Labute approximate surface area is 292 Å². The third kappa shape index (κ3) is 59.1. The van der Waals surface area contributed by atoms with Crippen molar-refractivity contribution in [2.24, 2.45) is 0 Å². The fraction of sp³-hybridized carbons (Fsp3) is 1.00. The second-order valence-electron chi connectivity index (χ2n) is 12.7. The molecule has 0 aliphatic carbocycles. The third-order valence-electron chi connectivity index (χ3n) is 8.28. The van der Waals surface area contributed by atoms with Gasteiger partial charge in [-0.05, 0) is 12.8 Å². The van der Waals surface area contributed by atoms with Gasteiger partial charge in [-0.2, -0.15) is 0 Å². The van der Waals surface area contributed by atoms with E-state index in [0.29, 0.717) is 0 Å². The Morgan fingerprint density at radius 2 is 0.488 bits per heavy atom. The van der Waals surface area contributed by atoms with Gasteiger partial charge in [0.2, 0.25) is 0 Å². The monoisotopic (exact) mass is 645 g/mol. The molecule has 3 N–H and O–H groups in total. The van der Waals surface area contributed by atoms with E-state index in [2.05, 4.69) is 13.8 Å².